The van der Waals surface area contributed by atoms with Gasteiger partial charge in [0.25, 0.3) is 0 Å². The van der Waals surface area contributed by atoms with Gasteiger partial charge in [-0.2, -0.15) is 0 Å². The Morgan fingerprint density at radius 1 is 1.24 bits per heavy atom. The molecule has 0 spiro atoms. The van der Waals surface area contributed by atoms with Gasteiger partial charge in [0, 0.05) is 24.7 Å². The maximum atomic E-state index is 13.6. The van der Waals surface area contributed by atoms with Crippen LogP contribution in [0.1, 0.15) is 23.5 Å². The topological polar surface area (TPSA) is 29.3 Å². The minimum absolute atomic E-state index is 0.168. The summed E-state index contributed by atoms with van der Waals surface area (Å²) in [5.41, 5.74) is 9.22. The summed E-state index contributed by atoms with van der Waals surface area (Å²) >= 11 is 5.74. The van der Waals surface area contributed by atoms with Gasteiger partial charge in [0.05, 0.1) is 5.02 Å². The molecule has 3 rings (SSSR count). The molecule has 0 aliphatic carbocycles. The molecule has 0 radical (unpaired) electrons. The maximum absolute atomic E-state index is 13.6. The Hall–Kier alpha value is -1.58. The van der Waals surface area contributed by atoms with Crippen LogP contribution in [0.2, 0.25) is 5.02 Å². The van der Waals surface area contributed by atoms with Crippen molar-refractivity contribution in [2.45, 2.75) is 18.9 Å². The van der Waals surface area contributed by atoms with E-state index in [1.165, 1.54) is 17.3 Å². The van der Waals surface area contributed by atoms with E-state index in [0.717, 1.165) is 18.5 Å². The summed E-state index contributed by atoms with van der Waals surface area (Å²) in [5, 5.41) is 0.168. The van der Waals surface area contributed by atoms with E-state index < -0.39 is 0 Å². The van der Waals surface area contributed by atoms with Gasteiger partial charge in [-0.25, -0.2) is 4.39 Å². The van der Waals surface area contributed by atoms with Crippen LogP contribution in [-0.4, -0.2) is 13.1 Å². The number of benzene rings is 2. The largest absolute Gasteiger partial charge is 0.366 e. The lowest BCUT2D eigenvalue weighted by Gasteiger charge is -2.20. The van der Waals surface area contributed by atoms with Crippen LogP contribution < -0.4 is 10.6 Å². The third-order valence-electron chi connectivity index (χ3n) is 4.03. The van der Waals surface area contributed by atoms with Gasteiger partial charge in [-0.1, -0.05) is 35.9 Å². The highest BCUT2D eigenvalue weighted by Gasteiger charge is 2.27. The first-order valence-electron chi connectivity index (χ1n) is 7.17. The van der Waals surface area contributed by atoms with Crippen molar-refractivity contribution in [1.29, 1.82) is 0 Å². The lowest BCUT2D eigenvalue weighted by Crippen LogP contribution is -2.22. The smallest absolute Gasteiger partial charge is 0.142 e. The third kappa shape index (κ3) is 2.89. The van der Waals surface area contributed by atoms with Gasteiger partial charge in [-0.3, -0.25) is 0 Å². The highest BCUT2D eigenvalue weighted by molar-refractivity contribution is 6.30. The molecule has 0 amide bonds. The summed E-state index contributed by atoms with van der Waals surface area (Å²) in [6.07, 6.45) is 0.975. The molecule has 2 aromatic carbocycles. The quantitative estimate of drug-likeness (QED) is 0.927. The minimum Gasteiger partial charge on any atom is -0.366 e. The number of hydrogen-bond donors (Lipinski definition) is 1. The summed E-state index contributed by atoms with van der Waals surface area (Å²) in [6, 6.07) is 13.4. The second-order valence-corrected chi connectivity index (χ2v) is 5.87. The van der Waals surface area contributed by atoms with E-state index in [1.807, 2.05) is 12.1 Å². The molecule has 2 aromatic rings. The molecule has 1 heterocycles. The summed E-state index contributed by atoms with van der Waals surface area (Å²) < 4.78 is 13.6. The predicted octanol–water partition coefficient (Wildman–Crippen LogP) is 3.93. The van der Waals surface area contributed by atoms with E-state index in [-0.39, 0.29) is 10.8 Å². The van der Waals surface area contributed by atoms with Crippen LogP contribution in [0.5, 0.6) is 0 Å². The normalized spacial score (nSPS) is 17.1. The van der Waals surface area contributed by atoms with E-state index in [4.69, 9.17) is 17.3 Å². The number of fused-ring (bicyclic) bond motifs is 1. The fraction of sp³-hybridized carbons (Fsp3) is 0.294. The van der Waals surface area contributed by atoms with E-state index in [0.29, 0.717) is 19.0 Å². The molecule has 0 saturated carbocycles. The van der Waals surface area contributed by atoms with Crippen LogP contribution in [0.25, 0.3) is 0 Å². The van der Waals surface area contributed by atoms with Crippen LogP contribution in [0.3, 0.4) is 0 Å². The Balaban J connectivity index is 1.84. The standard InChI is InChI=1S/C17H18ClFN2/c18-15-6-5-12(9-16(15)19)10-21-11-13(7-8-20)14-3-1-2-4-17(14)21/h1-6,9,13H,7-8,10-11,20H2. The molecule has 0 saturated heterocycles. The van der Waals surface area contributed by atoms with Crippen LogP contribution in [0.4, 0.5) is 10.1 Å². The first kappa shape index (κ1) is 14.4. The average molecular weight is 305 g/mol. The molecule has 110 valence electrons. The van der Waals surface area contributed by atoms with Crippen LogP contribution in [-0.2, 0) is 6.54 Å². The van der Waals surface area contributed by atoms with Crippen molar-refractivity contribution < 1.29 is 4.39 Å². The number of rotatable bonds is 4. The van der Waals surface area contributed by atoms with Crippen molar-refractivity contribution in [3.8, 4) is 0 Å². The van der Waals surface area contributed by atoms with Crippen molar-refractivity contribution >= 4 is 17.3 Å². The fourth-order valence-corrected chi connectivity index (χ4v) is 3.16. The Morgan fingerprint density at radius 2 is 2.05 bits per heavy atom. The Kier molecular flexibility index (Phi) is 4.13. The molecule has 1 atom stereocenters. The van der Waals surface area contributed by atoms with Gasteiger partial charge in [-0.15, -0.1) is 0 Å². The molecule has 1 aliphatic heterocycles. The van der Waals surface area contributed by atoms with Crippen molar-refractivity contribution in [3.05, 3.63) is 64.4 Å². The molecule has 2 N–H and O–H groups in total. The zero-order valence-electron chi connectivity index (χ0n) is 11.7. The van der Waals surface area contributed by atoms with E-state index in [2.05, 4.69) is 23.1 Å². The summed E-state index contributed by atoms with van der Waals surface area (Å²) in [5.74, 6) is 0.100. The molecular weight excluding hydrogens is 287 g/mol. The van der Waals surface area contributed by atoms with Crippen LogP contribution >= 0.6 is 11.6 Å². The number of hydrogen-bond acceptors (Lipinski definition) is 2. The third-order valence-corrected chi connectivity index (χ3v) is 4.34. The second kappa shape index (κ2) is 6.04. The molecule has 0 bridgehead atoms. The lowest BCUT2D eigenvalue weighted by molar-refractivity contribution is 0.621. The maximum Gasteiger partial charge on any atom is 0.142 e. The van der Waals surface area contributed by atoms with E-state index >= 15 is 0 Å². The Labute approximate surface area is 129 Å². The molecule has 0 aromatic heterocycles. The summed E-state index contributed by atoms with van der Waals surface area (Å²) in [6.45, 7) is 2.30. The second-order valence-electron chi connectivity index (χ2n) is 5.46. The zero-order valence-corrected chi connectivity index (χ0v) is 12.5. The van der Waals surface area contributed by atoms with Crippen molar-refractivity contribution in [1.82, 2.24) is 0 Å². The zero-order chi connectivity index (χ0) is 14.8. The molecule has 2 nitrogen and oxygen atoms in total. The lowest BCUT2D eigenvalue weighted by atomic mass is 9.98. The first-order valence-corrected chi connectivity index (χ1v) is 7.54. The number of halogens is 2. The molecule has 21 heavy (non-hydrogen) atoms. The summed E-state index contributed by atoms with van der Waals surface area (Å²) in [4.78, 5) is 2.29. The van der Waals surface area contributed by atoms with Crippen molar-refractivity contribution in [3.63, 3.8) is 0 Å². The van der Waals surface area contributed by atoms with E-state index in [9.17, 15) is 4.39 Å². The summed E-state index contributed by atoms with van der Waals surface area (Å²) in [7, 11) is 0. The monoisotopic (exact) mass is 304 g/mol. The number of nitrogens with two attached hydrogens (primary N) is 1. The van der Waals surface area contributed by atoms with Crippen LogP contribution in [0.15, 0.2) is 42.5 Å². The van der Waals surface area contributed by atoms with Gasteiger partial charge in [0.1, 0.15) is 5.82 Å². The van der Waals surface area contributed by atoms with Gasteiger partial charge in [0.15, 0.2) is 0 Å². The first-order chi connectivity index (χ1) is 10.2. The van der Waals surface area contributed by atoms with Gasteiger partial charge in [0.2, 0.25) is 0 Å². The van der Waals surface area contributed by atoms with Crippen molar-refractivity contribution in [2.24, 2.45) is 5.73 Å². The van der Waals surface area contributed by atoms with Gasteiger partial charge >= 0.3 is 0 Å². The number of nitrogens with zero attached hydrogens (tertiary/aromatic N) is 1. The molecular formula is C17H18ClFN2. The average Bonchev–Trinajstić information content (AvgIpc) is 2.82. The van der Waals surface area contributed by atoms with Crippen molar-refractivity contribution in [2.75, 3.05) is 18.0 Å². The minimum atomic E-state index is -0.361. The molecule has 1 unspecified atom stereocenters. The number of anilines is 1. The van der Waals surface area contributed by atoms with Gasteiger partial charge in [-0.05, 0) is 42.3 Å². The van der Waals surface area contributed by atoms with Gasteiger partial charge < -0.3 is 10.6 Å². The Morgan fingerprint density at radius 3 is 2.81 bits per heavy atom. The number of para-hydroxylation sites is 1. The van der Waals surface area contributed by atoms with Crippen LogP contribution in [0, 0.1) is 5.82 Å². The molecule has 1 aliphatic rings. The Bertz CT molecular complexity index is 644. The highest BCUT2D eigenvalue weighted by Crippen LogP contribution is 2.38. The SMILES string of the molecule is NCCC1CN(Cc2ccc(Cl)c(F)c2)c2ccccc21. The molecule has 0 fully saturated rings. The predicted molar refractivity (Wildman–Crippen MR) is 85.3 cm³/mol. The fourth-order valence-electron chi connectivity index (χ4n) is 3.04. The van der Waals surface area contributed by atoms with E-state index in [1.54, 1.807) is 6.07 Å². The molecule has 4 heteroatoms. The highest BCUT2D eigenvalue weighted by atomic mass is 35.5.